The van der Waals surface area contributed by atoms with Crippen molar-refractivity contribution in [2.75, 3.05) is 12.0 Å². The van der Waals surface area contributed by atoms with Crippen LogP contribution in [-0.4, -0.2) is 28.9 Å². The molecule has 3 heterocycles. The summed E-state index contributed by atoms with van der Waals surface area (Å²) in [6.45, 7) is 1.87. The lowest BCUT2D eigenvalue weighted by atomic mass is 9.99. The van der Waals surface area contributed by atoms with Crippen molar-refractivity contribution < 1.29 is 23.8 Å². The van der Waals surface area contributed by atoms with Gasteiger partial charge < -0.3 is 9.84 Å². The molecule has 2 aromatic heterocycles. The fourth-order valence-electron chi connectivity index (χ4n) is 3.90. The Hall–Kier alpha value is -3.27. The number of thiophene rings is 1. The van der Waals surface area contributed by atoms with E-state index in [0.29, 0.717) is 20.5 Å². The van der Waals surface area contributed by atoms with Gasteiger partial charge in [-0.15, -0.1) is 11.3 Å². The van der Waals surface area contributed by atoms with Crippen LogP contribution < -0.4 is 9.64 Å². The monoisotopic (exact) mass is 514 g/mol. The lowest BCUT2D eigenvalue weighted by molar-refractivity contribution is -0.132. The third-order valence-corrected chi connectivity index (χ3v) is 7.89. The van der Waals surface area contributed by atoms with Crippen LogP contribution in [0.1, 0.15) is 22.0 Å². The zero-order valence-corrected chi connectivity index (χ0v) is 20.2. The Morgan fingerprint density at radius 2 is 2.03 bits per heavy atom. The van der Waals surface area contributed by atoms with Crippen LogP contribution in [-0.2, 0) is 9.59 Å². The number of ether oxygens (including phenoxy) is 1. The lowest BCUT2D eigenvalue weighted by Gasteiger charge is -2.21. The van der Waals surface area contributed by atoms with E-state index >= 15 is 0 Å². The number of benzene rings is 2. The summed E-state index contributed by atoms with van der Waals surface area (Å²) in [5.41, 5.74) is 1.27. The van der Waals surface area contributed by atoms with Gasteiger partial charge in [-0.3, -0.25) is 14.5 Å². The van der Waals surface area contributed by atoms with Crippen molar-refractivity contribution in [2.24, 2.45) is 0 Å². The van der Waals surface area contributed by atoms with Crippen molar-refractivity contribution in [3.05, 3.63) is 80.3 Å². The Labute approximate surface area is 206 Å². The van der Waals surface area contributed by atoms with E-state index in [9.17, 15) is 19.1 Å². The SMILES string of the molecule is COc1ccc(F)cc1/C(O)=C1\C(=O)C(=O)N(c2nc3cc(Cl)c(C)cc3s2)C1c1cccs1. The number of thiazole rings is 1. The molecule has 0 spiro atoms. The van der Waals surface area contributed by atoms with Crippen LogP contribution in [0.25, 0.3) is 16.0 Å². The van der Waals surface area contributed by atoms with Crippen molar-refractivity contribution in [3.63, 3.8) is 0 Å². The highest BCUT2D eigenvalue weighted by atomic mass is 35.5. The van der Waals surface area contributed by atoms with Gasteiger partial charge in [0.15, 0.2) is 5.13 Å². The second-order valence-corrected chi connectivity index (χ2v) is 9.99. The zero-order valence-electron chi connectivity index (χ0n) is 17.8. The van der Waals surface area contributed by atoms with Crippen LogP contribution in [0.2, 0.25) is 5.02 Å². The number of hydrogen-bond acceptors (Lipinski definition) is 7. The minimum atomic E-state index is -0.940. The molecule has 5 rings (SSSR count). The number of hydrogen-bond donors (Lipinski definition) is 1. The third-order valence-electron chi connectivity index (χ3n) is 5.54. The van der Waals surface area contributed by atoms with Gasteiger partial charge >= 0.3 is 5.91 Å². The number of anilines is 1. The molecular weight excluding hydrogens is 499 g/mol. The number of rotatable bonds is 4. The van der Waals surface area contributed by atoms with Crippen LogP contribution >= 0.6 is 34.3 Å². The number of amides is 1. The molecule has 34 heavy (non-hydrogen) atoms. The molecule has 172 valence electrons. The molecule has 1 atom stereocenters. The summed E-state index contributed by atoms with van der Waals surface area (Å²) >= 11 is 8.81. The van der Waals surface area contributed by atoms with Crippen molar-refractivity contribution in [2.45, 2.75) is 13.0 Å². The number of methoxy groups -OCH3 is 1. The molecule has 1 aliphatic heterocycles. The second-order valence-electron chi connectivity index (χ2n) is 7.59. The minimum Gasteiger partial charge on any atom is -0.507 e. The highest BCUT2D eigenvalue weighted by Gasteiger charge is 2.48. The molecule has 2 aromatic carbocycles. The topological polar surface area (TPSA) is 79.7 Å². The molecule has 1 N–H and O–H groups in total. The predicted octanol–water partition coefficient (Wildman–Crippen LogP) is 6.09. The van der Waals surface area contributed by atoms with E-state index < -0.39 is 29.3 Å². The predicted molar refractivity (Wildman–Crippen MR) is 131 cm³/mol. The number of aliphatic hydroxyl groups excluding tert-OH is 1. The molecule has 0 aliphatic carbocycles. The Kier molecular flexibility index (Phi) is 5.63. The quantitative estimate of drug-likeness (QED) is 0.202. The number of Topliss-reactive ketones (excluding diaryl/α,β-unsaturated/α-hetero) is 1. The largest absolute Gasteiger partial charge is 0.507 e. The Morgan fingerprint density at radius 3 is 2.74 bits per heavy atom. The molecular formula is C24H16ClFN2O4S2. The number of aromatic nitrogens is 1. The molecule has 1 fully saturated rings. The fourth-order valence-corrected chi connectivity index (χ4v) is 5.95. The molecule has 0 saturated carbocycles. The van der Waals surface area contributed by atoms with E-state index in [0.717, 1.165) is 16.3 Å². The summed E-state index contributed by atoms with van der Waals surface area (Å²) in [6.07, 6.45) is 0. The number of ketones is 1. The highest BCUT2D eigenvalue weighted by Crippen LogP contribution is 2.46. The van der Waals surface area contributed by atoms with Crippen LogP contribution in [0.15, 0.2) is 53.4 Å². The van der Waals surface area contributed by atoms with Gasteiger partial charge in [0.25, 0.3) is 5.78 Å². The average molecular weight is 515 g/mol. The van der Waals surface area contributed by atoms with Crippen molar-refractivity contribution in [1.82, 2.24) is 4.98 Å². The number of carbonyl (C=O) groups is 2. The lowest BCUT2D eigenvalue weighted by Crippen LogP contribution is -2.28. The second kappa shape index (κ2) is 8.50. The van der Waals surface area contributed by atoms with E-state index in [1.54, 1.807) is 23.6 Å². The molecule has 1 aliphatic rings. The summed E-state index contributed by atoms with van der Waals surface area (Å²) < 4.78 is 20.1. The van der Waals surface area contributed by atoms with Gasteiger partial charge in [-0.25, -0.2) is 9.37 Å². The maximum absolute atomic E-state index is 14.0. The molecule has 0 radical (unpaired) electrons. The first-order chi connectivity index (χ1) is 16.3. The maximum atomic E-state index is 14.0. The number of aryl methyl sites for hydroxylation is 1. The van der Waals surface area contributed by atoms with Crippen molar-refractivity contribution in [1.29, 1.82) is 0 Å². The zero-order chi connectivity index (χ0) is 24.1. The summed E-state index contributed by atoms with van der Waals surface area (Å²) in [5.74, 6) is -2.70. The Morgan fingerprint density at radius 1 is 1.24 bits per heavy atom. The smallest absolute Gasteiger partial charge is 0.301 e. The van der Waals surface area contributed by atoms with Gasteiger partial charge in [-0.1, -0.05) is 29.0 Å². The van der Waals surface area contributed by atoms with E-state index in [2.05, 4.69) is 4.98 Å². The van der Waals surface area contributed by atoms with Gasteiger partial charge in [0.05, 0.1) is 28.5 Å². The number of nitrogens with zero attached hydrogens (tertiary/aromatic N) is 2. The molecule has 0 bridgehead atoms. The summed E-state index contributed by atoms with van der Waals surface area (Å²) in [6, 6.07) is 9.77. The molecule has 1 unspecified atom stereocenters. The number of fused-ring (bicyclic) bond motifs is 1. The highest BCUT2D eigenvalue weighted by molar-refractivity contribution is 7.22. The van der Waals surface area contributed by atoms with Crippen LogP contribution in [0.3, 0.4) is 0 Å². The summed E-state index contributed by atoms with van der Waals surface area (Å²) in [5, 5.41) is 13.8. The van der Waals surface area contributed by atoms with Crippen LogP contribution in [0.4, 0.5) is 9.52 Å². The van der Waals surface area contributed by atoms with Crippen molar-refractivity contribution in [3.8, 4) is 5.75 Å². The molecule has 1 saturated heterocycles. The fraction of sp³-hybridized carbons (Fsp3) is 0.125. The van der Waals surface area contributed by atoms with Gasteiger partial charge in [-0.05, 0) is 54.3 Å². The third kappa shape index (κ3) is 3.56. The molecule has 4 aromatic rings. The number of halogens is 2. The number of carbonyl (C=O) groups excluding carboxylic acids is 2. The van der Waals surface area contributed by atoms with Gasteiger partial charge in [0, 0.05) is 9.90 Å². The summed E-state index contributed by atoms with van der Waals surface area (Å²) in [4.78, 5) is 33.0. The molecule has 1 amide bonds. The average Bonchev–Trinajstić information content (AvgIpc) is 3.53. The van der Waals surface area contributed by atoms with E-state index in [-0.39, 0.29) is 16.9 Å². The summed E-state index contributed by atoms with van der Waals surface area (Å²) in [7, 11) is 1.37. The Bertz CT molecular complexity index is 1460. The first-order valence-corrected chi connectivity index (χ1v) is 12.1. The van der Waals surface area contributed by atoms with Crippen LogP contribution in [0, 0.1) is 12.7 Å². The first kappa shape index (κ1) is 22.5. The number of aliphatic hydroxyl groups is 1. The normalized spacial score (nSPS) is 17.6. The van der Waals surface area contributed by atoms with E-state index in [1.165, 1.54) is 46.8 Å². The molecule has 10 heteroatoms. The van der Waals surface area contributed by atoms with Gasteiger partial charge in [0.1, 0.15) is 23.4 Å². The van der Waals surface area contributed by atoms with Gasteiger partial charge in [0.2, 0.25) is 0 Å². The van der Waals surface area contributed by atoms with Crippen molar-refractivity contribution >= 4 is 67.1 Å². The first-order valence-electron chi connectivity index (χ1n) is 10.0. The van der Waals surface area contributed by atoms with E-state index in [1.807, 2.05) is 13.0 Å². The maximum Gasteiger partial charge on any atom is 0.301 e. The van der Waals surface area contributed by atoms with E-state index in [4.69, 9.17) is 16.3 Å². The Balaban J connectivity index is 1.74. The van der Waals surface area contributed by atoms with Crippen LogP contribution in [0.5, 0.6) is 5.75 Å². The minimum absolute atomic E-state index is 0.0197. The van der Waals surface area contributed by atoms with Gasteiger partial charge in [-0.2, -0.15) is 0 Å². The standard InChI is InChI=1S/C24H16ClFN2O4S2/c1-11-8-18-15(10-14(11)25)27-24(34-18)28-20(17-4-3-7-33-17)19(22(30)23(28)31)21(29)13-9-12(26)5-6-16(13)32-2/h3-10,20,29H,1-2H3/b21-19+. The molecule has 6 nitrogen and oxygen atoms in total.